The largest absolute Gasteiger partial charge is 0.513 e. The molecule has 1 rings (SSSR count). The molecule has 0 bridgehead atoms. The summed E-state index contributed by atoms with van der Waals surface area (Å²) < 4.78 is 33.0. The average Bonchev–Trinajstić information content (AvgIpc) is 2.59. The topological polar surface area (TPSA) is 88.1 Å². The summed E-state index contributed by atoms with van der Waals surface area (Å²) in [5, 5.41) is 0. The van der Waals surface area contributed by atoms with Gasteiger partial charge in [0, 0.05) is 6.07 Å². The van der Waals surface area contributed by atoms with E-state index in [2.05, 4.69) is 9.47 Å². The molecule has 0 saturated carbocycles. The van der Waals surface area contributed by atoms with E-state index >= 15 is 0 Å². The Hall–Kier alpha value is -2.64. The smallest absolute Gasteiger partial charge is 0.460 e. The Labute approximate surface area is 145 Å². The van der Waals surface area contributed by atoms with Crippen molar-refractivity contribution in [1.29, 1.82) is 0 Å². The summed E-state index contributed by atoms with van der Waals surface area (Å²) in [5.41, 5.74) is -0.403. The molecule has 0 fully saturated rings. The molecular weight excluding hydrogens is 335 g/mol. The molecule has 7 nitrogen and oxygen atoms in total. The molecule has 8 heteroatoms. The van der Waals surface area contributed by atoms with Crippen LogP contribution in [0.15, 0.2) is 18.2 Å². The predicted octanol–water partition coefficient (Wildman–Crippen LogP) is 3.25. The van der Waals surface area contributed by atoms with Gasteiger partial charge in [0.05, 0.1) is 12.7 Å². The highest BCUT2D eigenvalue weighted by molar-refractivity contribution is 5.91. The number of halogens is 1. The molecule has 1 aromatic carbocycles. The zero-order valence-corrected chi connectivity index (χ0v) is 14.5. The van der Waals surface area contributed by atoms with Crippen LogP contribution in [0.1, 0.15) is 44.0 Å². The molecule has 1 atom stereocenters. The Balaban J connectivity index is 2.73. The van der Waals surface area contributed by atoms with E-state index in [0.29, 0.717) is 12.8 Å². The minimum absolute atomic E-state index is 0.137. The Bertz CT molecular complexity index is 625. The van der Waals surface area contributed by atoms with Gasteiger partial charge in [-0.2, -0.15) is 0 Å². The molecule has 0 aliphatic heterocycles. The molecule has 0 spiro atoms. The fourth-order valence-electron chi connectivity index (χ4n) is 1.85. The second kappa shape index (κ2) is 9.61. The van der Waals surface area contributed by atoms with E-state index in [1.54, 1.807) is 0 Å². The van der Waals surface area contributed by atoms with Gasteiger partial charge in [-0.1, -0.05) is 13.8 Å². The van der Waals surface area contributed by atoms with E-state index in [0.717, 1.165) is 19.2 Å². The molecule has 0 amide bonds. The van der Waals surface area contributed by atoms with Gasteiger partial charge in [0.1, 0.15) is 17.7 Å². The van der Waals surface area contributed by atoms with Crippen LogP contribution in [0.3, 0.4) is 0 Å². The van der Waals surface area contributed by atoms with Crippen molar-refractivity contribution in [2.75, 3.05) is 7.11 Å². The Morgan fingerprint density at radius 3 is 2.28 bits per heavy atom. The number of hydrogen-bond acceptors (Lipinski definition) is 7. The van der Waals surface area contributed by atoms with Crippen LogP contribution in [0.5, 0.6) is 5.75 Å². The molecule has 0 aliphatic rings. The number of ether oxygens (including phenoxy) is 4. The molecule has 138 valence electrons. The number of carbonyl (C=O) groups is 3. The summed E-state index contributed by atoms with van der Waals surface area (Å²) in [6, 6.07) is 3.11. The van der Waals surface area contributed by atoms with E-state index in [1.807, 2.05) is 13.8 Å². The van der Waals surface area contributed by atoms with Gasteiger partial charge in [0.25, 0.3) is 0 Å². The van der Waals surface area contributed by atoms with Crippen LogP contribution < -0.4 is 4.74 Å². The van der Waals surface area contributed by atoms with Crippen LogP contribution in [-0.4, -0.2) is 37.4 Å². The van der Waals surface area contributed by atoms with Crippen molar-refractivity contribution < 1.29 is 37.7 Å². The molecule has 0 radical (unpaired) electrons. The van der Waals surface area contributed by atoms with Crippen LogP contribution in [0, 0.1) is 5.82 Å². The SMILES string of the molecule is CCC(CC)OC(=O)[C@H](C)OC(=O)c1ccc(OC(=O)OC)cc1F. The van der Waals surface area contributed by atoms with E-state index in [1.165, 1.54) is 13.0 Å². The molecule has 0 aliphatic carbocycles. The quantitative estimate of drug-likeness (QED) is 0.421. The maximum absolute atomic E-state index is 14.0. The van der Waals surface area contributed by atoms with E-state index in [4.69, 9.17) is 9.47 Å². The average molecular weight is 356 g/mol. The molecule has 0 N–H and O–H groups in total. The van der Waals surface area contributed by atoms with E-state index in [-0.39, 0.29) is 11.9 Å². The number of esters is 2. The van der Waals surface area contributed by atoms with Gasteiger partial charge in [-0.25, -0.2) is 18.8 Å². The summed E-state index contributed by atoms with van der Waals surface area (Å²) >= 11 is 0. The van der Waals surface area contributed by atoms with E-state index in [9.17, 15) is 18.8 Å². The summed E-state index contributed by atoms with van der Waals surface area (Å²) in [6.07, 6.45) is -1.19. The van der Waals surface area contributed by atoms with Crippen LogP contribution in [0.25, 0.3) is 0 Å². The molecule has 0 saturated heterocycles. The molecule has 0 heterocycles. The van der Waals surface area contributed by atoms with Gasteiger partial charge < -0.3 is 18.9 Å². The van der Waals surface area contributed by atoms with Crippen molar-refractivity contribution in [2.45, 2.75) is 45.8 Å². The third-order valence-electron chi connectivity index (χ3n) is 3.34. The van der Waals surface area contributed by atoms with Crippen LogP contribution >= 0.6 is 0 Å². The fourth-order valence-corrected chi connectivity index (χ4v) is 1.85. The minimum Gasteiger partial charge on any atom is -0.460 e. The van der Waals surface area contributed by atoms with Gasteiger partial charge in [0.2, 0.25) is 0 Å². The molecular formula is C17H21FO7. The monoisotopic (exact) mass is 356 g/mol. The molecule has 1 aromatic rings. The molecule has 0 unspecified atom stereocenters. The highest BCUT2D eigenvalue weighted by Gasteiger charge is 2.24. The van der Waals surface area contributed by atoms with Gasteiger partial charge in [0.15, 0.2) is 6.10 Å². The van der Waals surface area contributed by atoms with Gasteiger partial charge in [-0.05, 0) is 31.9 Å². The number of methoxy groups -OCH3 is 1. The predicted molar refractivity (Wildman–Crippen MR) is 84.8 cm³/mol. The first-order valence-corrected chi connectivity index (χ1v) is 7.79. The first-order chi connectivity index (χ1) is 11.8. The van der Waals surface area contributed by atoms with Gasteiger partial charge in [-0.15, -0.1) is 0 Å². The highest BCUT2D eigenvalue weighted by atomic mass is 19.1. The second-order valence-electron chi connectivity index (χ2n) is 5.12. The fraction of sp³-hybridized carbons (Fsp3) is 0.471. The summed E-state index contributed by atoms with van der Waals surface area (Å²) in [7, 11) is 1.10. The normalized spacial score (nSPS) is 11.6. The molecule has 25 heavy (non-hydrogen) atoms. The van der Waals surface area contributed by atoms with Crippen LogP contribution in [0.4, 0.5) is 9.18 Å². The van der Waals surface area contributed by atoms with E-state index < -0.39 is 35.6 Å². The number of benzene rings is 1. The van der Waals surface area contributed by atoms with Crippen LogP contribution in [-0.2, 0) is 19.0 Å². The van der Waals surface area contributed by atoms with Crippen molar-refractivity contribution in [2.24, 2.45) is 0 Å². The zero-order valence-electron chi connectivity index (χ0n) is 14.5. The van der Waals surface area contributed by atoms with Gasteiger partial charge >= 0.3 is 18.1 Å². The lowest BCUT2D eigenvalue weighted by Gasteiger charge is -2.18. The minimum atomic E-state index is -1.18. The Kier molecular flexibility index (Phi) is 7.84. The maximum Gasteiger partial charge on any atom is 0.513 e. The third kappa shape index (κ3) is 6.06. The standard InChI is InChI=1S/C17H21FO7/c1-5-11(6-2)24-15(19)10(3)23-16(20)13-8-7-12(9-14(13)18)25-17(21)22-4/h7-11H,5-6H2,1-4H3/t10-/m0/s1. The lowest BCUT2D eigenvalue weighted by Crippen LogP contribution is -2.30. The van der Waals surface area contributed by atoms with Gasteiger partial charge in [-0.3, -0.25) is 0 Å². The lowest BCUT2D eigenvalue weighted by atomic mass is 10.2. The summed E-state index contributed by atoms with van der Waals surface area (Å²) in [5.74, 6) is -2.83. The van der Waals surface area contributed by atoms with Crippen molar-refractivity contribution in [3.8, 4) is 5.75 Å². The second-order valence-corrected chi connectivity index (χ2v) is 5.12. The summed E-state index contributed by atoms with van der Waals surface area (Å²) in [6.45, 7) is 5.08. The number of hydrogen-bond donors (Lipinski definition) is 0. The number of rotatable bonds is 7. The zero-order chi connectivity index (χ0) is 19.0. The number of carbonyl (C=O) groups excluding carboxylic acids is 3. The lowest BCUT2D eigenvalue weighted by molar-refractivity contribution is -0.158. The first kappa shape index (κ1) is 20.4. The van der Waals surface area contributed by atoms with Crippen molar-refractivity contribution in [1.82, 2.24) is 0 Å². The molecule has 0 aromatic heterocycles. The highest BCUT2D eigenvalue weighted by Crippen LogP contribution is 2.19. The summed E-state index contributed by atoms with van der Waals surface area (Å²) in [4.78, 5) is 34.8. The van der Waals surface area contributed by atoms with Crippen molar-refractivity contribution >= 4 is 18.1 Å². The maximum atomic E-state index is 14.0. The van der Waals surface area contributed by atoms with Crippen LogP contribution in [0.2, 0.25) is 0 Å². The Morgan fingerprint density at radius 1 is 1.12 bits per heavy atom. The first-order valence-electron chi connectivity index (χ1n) is 7.79. The van der Waals surface area contributed by atoms with Crippen molar-refractivity contribution in [3.05, 3.63) is 29.6 Å². The third-order valence-corrected chi connectivity index (χ3v) is 3.34. The van der Waals surface area contributed by atoms with Crippen molar-refractivity contribution in [3.63, 3.8) is 0 Å². The Morgan fingerprint density at radius 2 is 1.76 bits per heavy atom.